The highest BCUT2D eigenvalue weighted by atomic mass is 32.2. The number of hydrogen-bond acceptors (Lipinski definition) is 2. The molecule has 3 nitrogen and oxygen atoms in total. The Balaban J connectivity index is 2.64. The fourth-order valence-corrected chi connectivity index (χ4v) is 1.41. The molecule has 0 aromatic heterocycles. The molecule has 1 aromatic carbocycles. The van der Waals surface area contributed by atoms with Crippen LogP contribution in [0.4, 0.5) is 5.69 Å². The fourth-order valence-electron chi connectivity index (χ4n) is 0.863. The van der Waals surface area contributed by atoms with Crippen molar-refractivity contribution in [3.8, 4) is 5.75 Å². The Bertz CT molecular complexity index is 284. The smallest absolute Gasteiger partial charge is 0.119 e. The van der Waals surface area contributed by atoms with Crippen molar-refractivity contribution in [2.75, 3.05) is 17.6 Å². The zero-order chi connectivity index (χ0) is 9.68. The Morgan fingerprint density at radius 3 is 2.46 bits per heavy atom. The molecule has 0 aliphatic heterocycles. The first kappa shape index (κ1) is 10.1. The van der Waals surface area contributed by atoms with E-state index in [2.05, 4.69) is 4.72 Å². The van der Waals surface area contributed by atoms with Gasteiger partial charge in [-0.3, -0.25) is 0 Å². The highest BCUT2D eigenvalue weighted by Gasteiger charge is 1.96. The minimum Gasteiger partial charge on any atom is -0.497 e. The predicted octanol–water partition coefficient (Wildman–Crippen LogP) is 1.79. The summed E-state index contributed by atoms with van der Waals surface area (Å²) in [6.07, 6.45) is 0. The third-order valence-electron chi connectivity index (χ3n) is 1.58. The van der Waals surface area contributed by atoms with E-state index in [-0.39, 0.29) is 0 Å². The van der Waals surface area contributed by atoms with Gasteiger partial charge in [-0.1, -0.05) is 6.92 Å². The highest BCUT2D eigenvalue weighted by Crippen LogP contribution is 2.15. The molecule has 0 bridgehead atoms. The van der Waals surface area contributed by atoms with E-state index >= 15 is 0 Å². The van der Waals surface area contributed by atoms with Crippen molar-refractivity contribution < 1.29 is 8.95 Å². The van der Waals surface area contributed by atoms with Crippen LogP contribution in [0.15, 0.2) is 24.3 Å². The second-order valence-electron chi connectivity index (χ2n) is 2.46. The molecule has 0 spiro atoms. The predicted molar refractivity (Wildman–Crippen MR) is 55.3 cm³/mol. The van der Waals surface area contributed by atoms with Crippen LogP contribution in [0.5, 0.6) is 5.75 Å². The van der Waals surface area contributed by atoms with Gasteiger partial charge in [-0.05, 0) is 24.3 Å². The summed E-state index contributed by atoms with van der Waals surface area (Å²) in [5, 5.41) is 0. The van der Waals surface area contributed by atoms with E-state index in [0.29, 0.717) is 5.75 Å². The van der Waals surface area contributed by atoms with Crippen molar-refractivity contribution in [3.05, 3.63) is 24.3 Å². The summed E-state index contributed by atoms with van der Waals surface area (Å²) >= 11 is 0. The second-order valence-corrected chi connectivity index (χ2v) is 3.94. The number of anilines is 1. The number of benzene rings is 1. The van der Waals surface area contributed by atoms with E-state index in [4.69, 9.17) is 4.74 Å². The van der Waals surface area contributed by atoms with Gasteiger partial charge in [0.15, 0.2) is 0 Å². The molecule has 0 saturated carbocycles. The minimum absolute atomic E-state index is 0.603. The summed E-state index contributed by atoms with van der Waals surface area (Å²) in [7, 11) is 0.640. The first-order valence-corrected chi connectivity index (χ1v) is 5.37. The lowest BCUT2D eigenvalue weighted by Gasteiger charge is -2.04. The Kier molecular flexibility index (Phi) is 3.76. The topological polar surface area (TPSA) is 38.3 Å². The van der Waals surface area contributed by atoms with E-state index in [0.717, 1.165) is 11.4 Å². The molecule has 0 fully saturated rings. The van der Waals surface area contributed by atoms with E-state index in [1.54, 1.807) is 7.11 Å². The van der Waals surface area contributed by atoms with Gasteiger partial charge in [-0.25, -0.2) is 4.21 Å². The molecule has 13 heavy (non-hydrogen) atoms. The van der Waals surface area contributed by atoms with Gasteiger partial charge in [0.05, 0.1) is 7.11 Å². The summed E-state index contributed by atoms with van der Waals surface area (Å²) in [5.74, 6) is 1.40. The van der Waals surface area contributed by atoms with Crippen LogP contribution < -0.4 is 9.46 Å². The molecule has 1 aromatic rings. The summed E-state index contributed by atoms with van der Waals surface area (Å²) in [6, 6.07) is 7.34. The molecule has 0 amide bonds. The molecule has 1 N–H and O–H groups in total. The van der Waals surface area contributed by atoms with Crippen molar-refractivity contribution in [1.82, 2.24) is 0 Å². The zero-order valence-electron chi connectivity index (χ0n) is 7.74. The Morgan fingerprint density at radius 1 is 1.38 bits per heavy atom. The molecule has 0 saturated heterocycles. The number of methoxy groups -OCH3 is 1. The standard InChI is InChI=1S/C9H13NO2S/c1-3-13(11)10-8-4-6-9(12-2)7-5-8/h4-7,10H,3H2,1-2H3/t13-/m0/s1. The second kappa shape index (κ2) is 4.87. The lowest BCUT2D eigenvalue weighted by atomic mass is 10.3. The van der Waals surface area contributed by atoms with Gasteiger partial charge in [0, 0.05) is 11.4 Å². The largest absolute Gasteiger partial charge is 0.497 e. The van der Waals surface area contributed by atoms with Crippen LogP contribution in [0.2, 0.25) is 0 Å². The van der Waals surface area contributed by atoms with Gasteiger partial charge in [0.25, 0.3) is 0 Å². The van der Waals surface area contributed by atoms with Gasteiger partial charge >= 0.3 is 0 Å². The SMILES string of the molecule is CC[S@](=O)Nc1ccc(OC)cc1. The number of rotatable bonds is 4. The highest BCUT2D eigenvalue weighted by molar-refractivity contribution is 7.86. The van der Waals surface area contributed by atoms with E-state index in [1.807, 2.05) is 31.2 Å². The maximum atomic E-state index is 11.1. The van der Waals surface area contributed by atoms with Crippen LogP contribution in [0.1, 0.15) is 6.92 Å². The molecule has 72 valence electrons. The third kappa shape index (κ3) is 3.06. The van der Waals surface area contributed by atoms with Crippen molar-refractivity contribution in [2.45, 2.75) is 6.92 Å². The molecular weight excluding hydrogens is 186 g/mol. The molecule has 0 aliphatic carbocycles. The zero-order valence-corrected chi connectivity index (χ0v) is 8.56. The summed E-state index contributed by atoms with van der Waals surface area (Å²) in [6.45, 7) is 1.87. The normalized spacial score (nSPS) is 12.2. The number of ether oxygens (including phenoxy) is 1. The monoisotopic (exact) mass is 199 g/mol. The molecule has 0 radical (unpaired) electrons. The van der Waals surface area contributed by atoms with Gasteiger partial charge in [-0.2, -0.15) is 0 Å². The van der Waals surface area contributed by atoms with Crippen LogP contribution in [0.25, 0.3) is 0 Å². The lowest BCUT2D eigenvalue weighted by Crippen LogP contribution is -2.05. The number of nitrogens with one attached hydrogen (secondary N) is 1. The molecule has 0 aliphatic rings. The average molecular weight is 199 g/mol. The van der Waals surface area contributed by atoms with Gasteiger partial charge < -0.3 is 9.46 Å². The van der Waals surface area contributed by atoms with Crippen molar-refractivity contribution in [1.29, 1.82) is 0 Å². The lowest BCUT2D eigenvalue weighted by molar-refractivity contribution is 0.415. The first-order chi connectivity index (χ1) is 6.26. The average Bonchev–Trinajstić information content (AvgIpc) is 2.19. The molecule has 0 unspecified atom stereocenters. The Labute approximate surface area is 80.7 Å². The minimum atomic E-state index is -0.977. The molecule has 1 atom stereocenters. The van der Waals surface area contributed by atoms with Crippen LogP contribution in [0.3, 0.4) is 0 Å². The quantitative estimate of drug-likeness (QED) is 0.803. The Morgan fingerprint density at radius 2 is 2.00 bits per heavy atom. The van der Waals surface area contributed by atoms with E-state index < -0.39 is 11.0 Å². The molecule has 4 heteroatoms. The van der Waals surface area contributed by atoms with Crippen LogP contribution >= 0.6 is 0 Å². The van der Waals surface area contributed by atoms with Gasteiger partial charge in [0.2, 0.25) is 0 Å². The fraction of sp³-hybridized carbons (Fsp3) is 0.333. The van der Waals surface area contributed by atoms with E-state index in [9.17, 15) is 4.21 Å². The van der Waals surface area contributed by atoms with Crippen molar-refractivity contribution in [3.63, 3.8) is 0 Å². The molecular formula is C9H13NO2S. The van der Waals surface area contributed by atoms with Gasteiger partial charge in [-0.15, -0.1) is 0 Å². The maximum Gasteiger partial charge on any atom is 0.119 e. The van der Waals surface area contributed by atoms with Crippen LogP contribution in [0, 0.1) is 0 Å². The van der Waals surface area contributed by atoms with Crippen LogP contribution in [-0.2, 0) is 11.0 Å². The van der Waals surface area contributed by atoms with Crippen molar-refractivity contribution >= 4 is 16.7 Å². The summed E-state index contributed by atoms with van der Waals surface area (Å²) in [5.41, 5.74) is 0.848. The molecule has 0 heterocycles. The third-order valence-corrected chi connectivity index (χ3v) is 2.57. The van der Waals surface area contributed by atoms with E-state index in [1.165, 1.54) is 0 Å². The summed E-state index contributed by atoms with van der Waals surface area (Å²) in [4.78, 5) is 0. The van der Waals surface area contributed by atoms with Crippen LogP contribution in [-0.4, -0.2) is 17.1 Å². The van der Waals surface area contributed by atoms with Crippen molar-refractivity contribution in [2.24, 2.45) is 0 Å². The number of hydrogen-bond donors (Lipinski definition) is 1. The first-order valence-electron chi connectivity index (χ1n) is 4.05. The van der Waals surface area contributed by atoms with Gasteiger partial charge in [0.1, 0.15) is 16.7 Å². The maximum absolute atomic E-state index is 11.1. The molecule has 1 rings (SSSR count). The summed E-state index contributed by atoms with van der Waals surface area (Å²) < 4.78 is 19.0. The Hall–Kier alpha value is -1.03.